The quantitative estimate of drug-likeness (QED) is 0.581. The van der Waals surface area contributed by atoms with Crippen LogP contribution in [0.25, 0.3) is 15.8 Å². The van der Waals surface area contributed by atoms with Crippen LogP contribution in [0.15, 0.2) is 59.4 Å². The minimum atomic E-state index is -0.429. The van der Waals surface area contributed by atoms with E-state index in [0.717, 1.165) is 0 Å². The molecule has 0 aliphatic heterocycles. The van der Waals surface area contributed by atoms with Crippen molar-refractivity contribution in [2.24, 2.45) is 7.05 Å². The standard InChI is InChI=1S/C20H16FN3O2S/c1-12-18(20(26)24(23(12)2)13-7-4-3-5-8-13)22-19(25)17-11-14-15(21)9-6-10-16(14)27-17/h3-11H,1-2H3,(H,22,25). The fourth-order valence-electron chi connectivity index (χ4n) is 3.02. The van der Waals surface area contributed by atoms with Gasteiger partial charge in [-0.15, -0.1) is 11.3 Å². The number of benzene rings is 2. The molecule has 0 unspecified atom stereocenters. The first kappa shape index (κ1) is 17.2. The molecule has 0 radical (unpaired) electrons. The topological polar surface area (TPSA) is 56.0 Å². The average Bonchev–Trinajstić information content (AvgIpc) is 3.19. The SMILES string of the molecule is Cc1c(NC(=O)c2cc3c(F)cccc3s2)c(=O)n(-c2ccccc2)n1C. The van der Waals surface area contributed by atoms with Crippen LogP contribution >= 0.6 is 11.3 Å². The van der Waals surface area contributed by atoms with Crippen LogP contribution in [0.4, 0.5) is 10.1 Å². The van der Waals surface area contributed by atoms with Gasteiger partial charge in [0.25, 0.3) is 11.5 Å². The number of carbonyl (C=O) groups is 1. The summed E-state index contributed by atoms with van der Waals surface area (Å²) in [6.07, 6.45) is 0. The number of rotatable bonds is 3. The number of para-hydroxylation sites is 1. The molecule has 136 valence electrons. The smallest absolute Gasteiger partial charge is 0.295 e. The second-order valence-electron chi connectivity index (χ2n) is 6.15. The molecule has 4 rings (SSSR count). The van der Waals surface area contributed by atoms with Crippen LogP contribution in [-0.2, 0) is 7.05 Å². The van der Waals surface area contributed by atoms with Crippen molar-refractivity contribution in [3.8, 4) is 5.69 Å². The Kier molecular flexibility index (Phi) is 4.16. The Morgan fingerprint density at radius 1 is 1.11 bits per heavy atom. The number of amides is 1. The molecule has 0 aliphatic carbocycles. The predicted molar refractivity (Wildman–Crippen MR) is 105 cm³/mol. The van der Waals surface area contributed by atoms with Gasteiger partial charge in [0.15, 0.2) is 0 Å². The van der Waals surface area contributed by atoms with Gasteiger partial charge in [-0.25, -0.2) is 9.07 Å². The Hall–Kier alpha value is -3.19. The van der Waals surface area contributed by atoms with E-state index in [4.69, 9.17) is 0 Å². The highest BCUT2D eigenvalue weighted by molar-refractivity contribution is 7.20. The lowest BCUT2D eigenvalue weighted by Gasteiger charge is -2.07. The third kappa shape index (κ3) is 2.86. The molecule has 0 atom stereocenters. The van der Waals surface area contributed by atoms with Crippen LogP contribution < -0.4 is 10.9 Å². The van der Waals surface area contributed by atoms with Gasteiger partial charge < -0.3 is 5.32 Å². The Labute approximate surface area is 158 Å². The van der Waals surface area contributed by atoms with Crippen molar-refractivity contribution in [2.75, 3.05) is 5.32 Å². The van der Waals surface area contributed by atoms with E-state index in [1.807, 2.05) is 30.3 Å². The van der Waals surface area contributed by atoms with Gasteiger partial charge >= 0.3 is 0 Å². The fraction of sp³-hybridized carbons (Fsp3) is 0.100. The van der Waals surface area contributed by atoms with E-state index in [0.29, 0.717) is 26.3 Å². The van der Waals surface area contributed by atoms with Gasteiger partial charge in [-0.2, -0.15) is 0 Å². The van der Waals surface area contributed by atoms with Crippen molar-refractivity contribution in [3.05, 3.63) is 81.3 Å². The molecule has 5 nitrogen and oxygen atoms in total. The number of hydrogen-bond donors (Lipinski definition) is 1. The highest BCUT2D eigenvalue weighted by Crippen LogP contribution is 2.28. The molecule has 4 aromatic rings. The molecule has 27 heavy (non-hydrogen) atoms. The number of nitrogens with zero attached hydrogens (tertiary/aromatic N) is 2. The van der Waals surface area contributed by atoms with Crippen LogP contribution in [0, 0.1) is 12.7 Å². The van der Waals surface area contributed by atoms with E-state index in [9.17, 15) is 14.0 Å². The van der Waals surface area contributed by atoms with E-state index >= 15 is 0 Å². The maximum Gasteiger partial charge on any atom is 0.295 e. The zero-order chi connectivity index (χ0) is 19.1. The van der Waals surface area contributed by atoms with E-state index < -0.39 is 5.91 Å². The molecule has 2 aromatic heterocycles. The van der Waals surface area contributed by atoms with Crippen LogP contribution in [-0.4, -0.2) is 15.3 Å². The maximum atomic E-state index is 13.9. The maximum absolute atomic E-state index is 13.9. The van der Waals surface area contributed by atoms with Crippen molar-refractivity contribution in [2.45, 2.75) is 6.92 Å². The summed E-state index contributed by atoms with van der Waals surface area (Å²) in [6, 6.07) is 15.4. The monoisotopic (exact) mass is 381 g/mol. The first-order valence-corrected chi connectivity index (χ1v) is 9.12. The first-order valence-electron chi connectivity index (χ1n) is 8.31. The van der Waals surface area contributed by atoms with Crippen molar-refractivity contribution in [1.29, 1.82) is 0 Å². The summed E-state index contributed by atoms with van der Waals surface area (Å²) in [7, 11) is 1.76. The molecule has 7 heteroatoms. The predicted octanol–water partition coefficient (Wildman–Crippen LogP) is 4.09. The largest absolute Gasteiger partial charge is 0.315 e. The third-order valence-electron chi connectivity index (χ3n) is 4.52. The lowest BCUT2D eigenvalue weighted by molar-refractivity contribution is 0.103. The van der Waals surface area contributed by atoms with E-state index in [2.05, 4.69) is 5.32 Å². The Morgan fingerprint density at radius 3 is 2.56 bits per heavy atom. The fourth-order valence-corrected chi connectivity index (χ4v) is 4.00. The number of thiophene rings is 1. The van der Waals surface area contributed by atoms with Crippen molar-refractivity contribution < 1.29 is 9.18 Å². The summed E-state index contributed by atoms with van der Waals surface area (Å²) >= 11 is 1.19. The minimum absolute atomic E-state index is 0.212. The zero-order valence-electron chi connectivity index (χ0n) is 14.7. The summed E-state index contributed by atoms with van der Waals surface area (Å²) in [4.78, 5) is 25.9. The van der Waals surface area contributed by atoms with Crippen molar-refractivity contribution >= 4 is 33.0 Å². The van der Waals surface area contributed by atoms with Crippen LogP contribution in [0.1, 0.15) is 15.4 Å². The number of nitrogens with one attached hydrogen (secondary N) is 1. The zero-order valence-corrected chi connectivity index (χ0v) is 15.5. The van der Waals surface area contributed by atoms with E-state index in [1.165, 1.54) is 28.2 Å². The second kappa shape index (κ2) is 6.51. The van der Waals surface area contributed by atoms with E-state index in [-0.39, 0.29) is 17.1 Å². The molecule has 0 aliphatic rings. The molecular formula is C20H16FN3O2S. The summed E-state index contributed by atoms with van der Waals surface area (Å²) < 4.78 is 17.8. The molecule has 1 N–H and O–H groups in total. The molecule has 0 saturated carbocycles. The Bertz CT molecular complexity index is 1220. The lowest BCUT2D eigenvalue weighted by Crippen LogP contribution is -2.22. The minimum Gasteiger partial charge on any atom is -0.315 e. The van der Waals surface area contributed by atoms with Gasteiger partial charge in [-0.1, -0.05) is 24.3 Å². The van der Waals surface area contributed by atoms with Crippen molar-refractivity contribution in [3.63, 3.8) is 0 Å². The molecule has 2 heterocycles. The summed E-state index contributed by atoms with van der Waals surface area (Å²) in [5.41, 5.74) is 1.23. The molecule has 1 amide bonds. The van der Waals surface area contributed by atoms with Crippen LogP contribution in [0.5, 0.6) is 0 Å². The Balaban J connectivity index is 1.73. The molecule has 2 aromatic carbocycles. The molecular weight excluding hydrogens is 365 g/mol. The van der Waals surface area contributed by atoms with Gasteiger partial charge in [0.05, 0.1) is 16.3 Å². The average molecular weight is 381 g/mol. The summed E-state index contributed by atoms with van der Waals surface area (Å²) in [5.74, 6) is -0.799. The number of halogens is 1. The molecule has 0 fully saturated rings. The van der Waals surface area contributed by atoms with Gasteiger partial charge in [-0.3, -0.25) is 14.3 Å². The number of aromatic nitrogens is 2. The van der Waals surface area contributed by atoms with Gasteiger partial charge in [0.2, 0.25) is 0 Å². The highest BCUT2D eigenvalue weighted by Gasteiger charge is 2.20. The third-order valence-corrected chi connectivity index (χ3v) is 5.62. The Morgan fingerprint density at radius 2 is 1.85 bits per heavy atom. The van der Waals surface area contributed by atoms with Crippen molar-refractivity contribution in [1.82, 2.24) is 9.36 Å². The summed E-state index contributed by atoms with van der Waals surface area (Å²) in [6.45, 7) is 1.76. The summed E-state index contributed by atoms with van der Waals surface area (Å²) in [5, 5.41) is 3.10. The molecule has 0 bridgehead atoms. The molecule has 0 spiro atoms. The van der Waals surface area contributed by atoms with Gasteiger partial charge in [-0.05, 0) is 37.3 Å². The van der Waals surface area contributed by atoms with Crippen LogP contribution in [0.2, 0.25) is 0 Å². The lowest BCUT2D eigenvalue weighted by atomic mass is 10.2. The number of carbonyl (C=O) groups excluding carboxylic acids is 1. The normalized spacial score (nSPS) is 11.1. The van der Waals surface area contributed by atoms with Gasteiger partial charge in [0, 0.05) is 17.1 Å². The van der Waals surface area contributed by atoms with E-state index in [1.54, 1.807) is 30.8 Å². The van der Waals surface area contributed by atoms with Crippen LogP contribution in [0.3, 0.4) is 0 Å². The second-order valence-corrected chi connectivity index (χ2v) is 7.24. The number of hydrogen-bond acceptors (Lipinski definition) is 3. The first-order chi connectivity index (χ1) is 13.0. The van der Waals surface area contributed by atoms with Gasteiger partial charge in [0.1, 0.15) is 11.5 Å². The highest BCUT2D eigenvalue weighted by atomic mass is 32.1. The number of anilines is 1. The molecule has 0 saturated heterocycles. The number of fused-ring (bicyclic) bond motifs is 1.